The van der Waals surface area contributed by atoms with Crippen LogP contribution in [0.25, 0.3) is 0 Å². The van der Waals surface area contributed by atoms with Crippen molar-refractivity contribution < 1.29 is 9.59 Å². The lowest BCUT2D eigenvalue weighted by Gasteiger charge is -2.11. The fourth-order valence-electron chi connectivity index (χ4n) is 2.84. The van der Waals surface area contributed by atoms with Crippen LogP contribution < -0.4 is 5.32 Å². The summed E-state index contributed by atoms with van der Waals surface area (Å²) in [6, 6.07) is 19.0. The molecule has 1 N–H and O–H groups in total. The van der Waals surface area contributed by atoms with E-state index in [9.17, 15) is 9.59 Å². The second-order valence-electron chi connectivity index (χ2n) is 6.26. The van der Waals surface area contributed by atoms with Crippen LogP contribution in [0.1, 0.15) is 30.4 Å². The van der Waals surface area contributed by atoms with Gasteiger partial charge < -0.3 is 5.32 Å². The van der Waals surface area contributed by atoms with Gasteiger partial charge in [0, 0.05) is 24.9 Å². The Kier molecular flexibility index (Phi) is 5.95. The number of nitriles is 1. The molecule has 27 heavy (non-hydrogen) atoms. The Morgan fingerprint density at radius 2 is 1.81 bits per heavy atom. The van der Waals surface area contributed by atoms with E-state index in [1.807, 2.05) is 30.3 Å². The molecule has 0 bridgehead atoms. The molecule has 2 aromatic carbocycles. The molecular formula is C21H20N4O2. The number of rotatable bonds is 6. The van der Waals surface area contributed by atoms with Crippen LogP contribution in [-0.2, 0) is 16.0 Å². The average molecular weight is 360 g/mol. The van der Waals surface area contributed by atoms with E-state index in [0.717, 1.165) is 23.3 Å². The molecular weight excluding hydrogens is 340 g/mol. The minimum Gasteiger partial charge on any atom is -0.326 e. The number of carbonyl (C=O) groups excluding carboxylic acids is 2. The Bertz CT molecular complexity index is 883. The fraction of sp³-hybridized carbons (Fsp3) is 0.238. The van der Waals surface area contributed by atoms with Gasteiger partial charge in [0.05, 0.1) is 24.7 Å². The van der Waals surface area contributed by atoms with Crippen LogP contribution in [0.4, 0.5) is 5.69 Å². The predicted octanol–water partition coefficient (Wildman–Crippen LogP) is 3.11. The second-order valence-corrected chi connectivity index (χ2v) is 6.26. The van der Waals surface area contributed by atoms with Gasteiger partial charge in [-0.1, -0.05) is 42.5 Å². The summed E-state index contributed by atoms with van der Waals surface area (Å²) in [6.07, 6.45) is 1.27. The molecule has 0 aromatic heterocycles. The largest absolute Gasteiger partial charge is 0.326 e. The van der Waals surface area contributed by atoms with Crippen LogP contribution in [0.15, 0.2) is 59.7 Å². The quantitative estimate of drug-likeness (QED) is 0.859. The molecule has 1 heterocycles. The number of hydrazone groups is 1. The summed E-state index contributed by atoms with van der Waals surface area (Å²) in [5, 5.41) is 17.3. The van der Waals surface area contributed by atoms with Crippen molar-refractivity contribution >= 4 is 23.2 Å². The van der Waals surface area contributed by atoms with Crippen LogP contribution in [0.3, 0.4) is 0 Å². The summed E-state index contributed by atoms with van der Waals surface area (Å²) < 4.78 is 0. The summed E-state index contributed by atoms with van der Waals surface area (Å²) in [7, 11) is 0. The monoisotopic (exact) mass is 360 g/mol. The Morgan fingerprint density at radius 3 is 2.52 bits per heavy atom. The van der Waals surface area contributed by atoms with Crippen molar-refractivity contribution in [1.82, 2.24) is 5.01 Å². The molecule has 3 rings (SSSR count). The van der Waals surface area contributed by atoms with Crippen LogP contribution >= 0.6 is 0 Å². The molecule has 0 spiro atoms. The lowest BCUT2D eigenvalue weighted by Crippen LogP contribution is -2.24. The third-order valence-corrected chi connectivity index (χ3v) is 4.28. The van der Waals surface area contributed by atoms with Crippen molar-refractivity contribution in [2.75, 3.05) is 11.9 Å². The van der Waals surface area contributed by atoms with E-state index >= 15 is 0 Å². The third kappa shape index (κ3) is 5.02. The summed E-state index contributed by atoms with van der Waals surface area (Å²) in [5.41, 5.74) is 3.46. The molecule has 136 valence electrons. The lowest BCUT2D eigenvalue weighted by molar-refractivity contribution is -0.132. The van der Waals surface area contributed by atoms with Crippen LogP contribution in [-0.4, -0.2) is 29.1 Å². The smallest absolute Gasteiger partial charge is 0.243 e. The molecule has 0 atom stereocenters. The highest BCUT2D eigenvalue weighted by Gasteiger charge is 2.21. The molecule has 6 nitrogen and oxygen atoms in total. The van der Waals surface area contributed by atoms with Crippen molar-refractivity contribution in [2.45, 2.75) is 25.7 Å². The molecule has 2 aromatic rings. The van der Waals surface area contributed by atoms with E-state index in [1.54, 1.807) is 24.3 Å². The first-order valence-electron chi connectivity index (χ1n) is 8.85. The minimum absolute atomic E-state index is 0.103. The van der Waals surface area contributed by atoms with E-state index in [2.05, 4.69) is 16.5 Å². The number of nitrogens with zero attached hydrogens (tertiary/aromatic N) is 3. The highest BCUT2D eigenvalue weighted by molar-refractivity contribution is 6.02. The zero-order valence-electron chi connectivity index (χ0n) is 14.9. The molecule has 0 aliphatic carbocycles. The van der Waals surface area contributed by atoms with Gasteiger partial charge in [0.1, 0.15) is 0 Å². The Labute approximate surface area is 158 Å². The van der Waals surface area contributed by atoms with Crippen LogP contribution in [0.2, 0.25) is 0 Å². The number of hydrogen-bond donors (Lipinski definition) is 1. The van der Waals surface area contributed by atoms with E-state index in [0.29, 0.717) is 18.7 Å². The molecule has 0 unspecified atom stereocenters. The first-order chi connectivity index (χ1) is 13.2. The van der Waals surface area contributed by atoms with Crippen molar-refractivity contribution in [3.05, 3.63) is 65.7 Å². The first-order valence-corrected chi connectivity index (χ1v) is 8.85. The third-order valence-electron chi connectivity index (χ3n) is 4.28. The standard InChI is InChI=1S/C21H20N4O2/c22-14-12-16-6-8-18(9-7-16)23-20(26)10-11-21(27)25-15-13-19(24-25)17-4-2-1-3-5-17/h1-9H,10-13,15H2,(H,23,26). The minimum atomic E-state index is -0.220. The first kappa shape index (κ1) is 18.3. The van der Waals surface area contributed by atoms with Crippen LogP contribution in [0.5, 0.6) is 0 Å². The maximum absolute atomic E-state index is 12.3. The Morgan fingerprint density at radius 1 is 1.07 bits per heavy atom. The summed E-state index contributed by atoms with van der Waals surface area (Å²) in [4.78, 5) is 24.4. The molecule has 6 heteroatoms. The van der Waals surface area contributed by atoms with Gasteiger partial charge in [0.25, 0.3) is 0 Å². The number of carbonyl (C=O) groups is 2. The van der Waals surface area contributed by atoms with Crippen molar-refractivity contribution in [3.8, 4) is 6.07 Å². The number of benzene rings is 2. The van der Waals surface area contributed by atoms with Crippen molar-refractivity contribution in [2.24, 2.45) is 5.10 Å². The lowest BCUT2D eigenvalue weighted by atomic mass is 10.1. The van der Waals surface area contributed by atoms with E-state index in [-0.39, 0.29) is 24.7 Å². The SMILES string of the molecule is N#CCc1ccc(NC(=O)CCC(=O)N2CCC(c3ccccc3)=N2)cc1. The Hall–Kier alpha value is -3.46. The van der Waals surface area contributed by atoms with Gasteiger partial charge in [-0.2, -0.15) is 10.4 Å². The zero-order valence-corrected chi connectivity index (χ0v) is 14.9. The van der Waals surface area contributed by atoms with Gasteiger partial charge in [-0.15, -0.1) is 0 Å². The van der Waals surface area contributed by atoms with Gasteiger partial charge in [-0.25, -0.2) is 5.01 Å². The maximum Gasteiger partial charge on any atom is 0.243 e. The normalized spacial score (nSPS) is 13.0. The van der Waals surface area contributed by atoms with E-state index in [4.69, 9.17) is 5.26 Å². The highest BCUT2D eigenvalue weighted by Crippen LogP contribution is 2.15. The molecule has 0 radical (unpaired) electrons. The molecule has 0 fully saturated rings. The summed E-state index contributed by atoms with van der Waals surface area (Å²) in [6.45, 7) is 0.547. The molecule has 1 aliphatic heterocycles. The zero-order chi connectivity index (χ0) is 19.1. The number of nitrogens with one attached hydrogen (secondary N) is 1. The van der Waals surface area contributed by atoms with Gasteiger partial charge in [-0.05, 0) is 23.3 Å². The van der Waals surface area contributed by atoms with Gasteiger partial charge in [0.15, 0.2) is 0 Å². The van der Waals surface area contributed by atoms with Crippen LogP contribution in [0, 0.1) is 11.3 Å². The van der Waals surface area contributed by atoms with Gasteiger partial charge >= 0.3 is 0 Å². The number of amides is 2. The molecule has 0 saturated carbocycles. The molecule has 1 aliphatic rings. The average Bonchev–Trinajstić information content (AvgIpc) is 3.19. The fourth-order valence-corrected chi connectivity index (χ4v) is 2.84. The maximum atomic E-state index is 12.3. The predicted molar refractivity (Wildman–Crippen MR) is 103 cm³/mol. The topological polar surface area (TPSA) is 85.6 Å². The summed E-state index contributed by atoms with van der Waals surface area (Å²) >= 11 is 0. The number of hydrogen-bond acceptors (Lipinski definition) is 4. The van der Waals surface area contributed by atoms with E-state index in [1.165, 1.54) is 5.01 Å². The van der Waals surface area contributed by atoms with Crippen molar-refractivity contribution in [3.63, 3.8) is 0 Å². The summed E-state index contributed by atoms with van der Waals surface area (Å²) in [5.74, 6) is -0.372. The Balaban J connectivity index is 1.48. The van der Waals surface area contributed by atoms with Gasteiger partial charge in [-0.3, -0.25) is 9.59 Å². The van der Waals surface area contributed by atoms with Gasteiger partial charge in [0.2, 0.25) is 11.8 Å². The second kappa shape index (κ2) is 8.77. The molecule has 2 amide bonds. The molecule has 0 saturated heterocycles. The van der Waals surface area contributed by atoms with E-state index < -0.39 is 0 Å². The van der Waals surface area contributed by atoms with Crippen molar-refractivity contribution in [1.29, 1.82) is 5.26 Å². The number of anilines is 1. The highest BCUT2D eigenvalue weighted by atomic mass is 16.2.